The van der Waals surface area contributed by atoms with Crippen molar-refractivity contribution in [3.05, 3.63) is 68.4 Å². The van der Waals surface area contributed by atoms with Crippen LogP contribution in [0, 0.1) is 12.7 Å². The van der Waals surface area contributed by atoms with E-state index in [0.29, 0.717) is 32.1 Å². The molecule has 238 valence electrons. The Morgan fingerprint density at radius 1 is 1.23 bits per heavy atom. The Bertz CT molecular complexity index is 1720. The van der Waals surface area contributed by atoms with Crippen molar-refractivity contribution >= 4 is 27.5 Å². The number of methoxy groups -OCH3 is 1. The number of benzene rings is 1. The molecular formula is C30H39FN6O6S. The summed E-state index contributed by atoms with van der Waals surface area (Å²) in [6.45, 7) is 10.0. The highest BCUT2D eigenvalue weighted by Crippen LogP contribution is 2.31. The molecule has 5 rings (SSSR count). The molecule has 1 aromatic carbocycles. The second-order valence-corrected chi connectivity index (χ2v) is 12.3. The van der Waals surface area contributed by atoms with Crippen molar-refractivity contribution in [2.45, 2.75) is 78.1 Å². The lowest BCUT2D eigenvalue weighted by atomic mass is 10.0. The van der Waals surface area contributed by atoms with Crippen molar-refractivity contribution < 1.29 is 23.8 Å². The van der Waals surface area contributed by atoms with Crippen molar-refractivity contribution in [1.29, 1.82) is 0 Å². The van der Waals surface area contributed by atoms with Crippen molar-refractivity contribution in [2.24, 2.45) is 0 Å². The van der Waals surface area contributed by atoms with Crippen molar-refractivity contribution in [3.63, 3.8) is 0 Å². The normalized spacial score (nSPS) is 14.0. The fourth-order valence-corrected chi connectivity index (χ4v) is 6.17. The number of fused-ring (bicyclic) bond motifs is 1. The highest BCUT2D eigenvalue weighted by molar-refractivity contribution is 7.21. The van der Waals surface area contributed by atoms with E-state index in [-0.39, 0.29) is 25.1 Å². The van der Waals surface area contributed by atoms with Crippen molar-refractivity contribution in [3.8, 4) is 10.8 Å². The average Bonchev–Trinajstić information content (AvgIpc) is 3.61. The van der Waals surface area contributed by atoms with Gasteiger partial charge in [-0.05, 0) is 77.6 Å². The van der Waals surface area contributed by atoms with E-state index in [1.54, 1.807) is 20.8 Å². The predicted molar refractivity (Wildman–Crippen MR) is 165 cm³/mol. The fourth-order valence-electron chi connectivity index (χ4n) is 4.94. The zero-order chi connectivity index (χ0) is 32.2. The first-order valence-corrected chi connectivity index (χ1v) is 15.2. The van der Waals surface area contributed by atoms with E-state index in [1.165, 1.54) is 72.3 Å². The zero-order valence-electron chi connectivity index (χ0n) is 25.8. The van der Waals surface area contributed by atoms with Crippen LogP contribution in [-0.2, 0) is 28.0 Å². The number of aliphatic hydroxyl groups is 1. The molecule has 0 atom stereocenters. The lowest BCUT2D eigenvalue weighted by Gasteiger charge is -2.27. The first-order chi connectivity index (χ1) is 20.9. The molecule has 14 heteroatoms. The molecule has 3 aromatic heterocycles. The molecule has 1 fully saturated rings. The Labute approximate surface area is 258 Å². The van der Waals surface area contributed by atoms with Crippen LogP contribution in [0.4, 0.5) is 4.39 Å². The molecule has 1 aliphatic rings. The quantitative estimate of drug-likeness (QED) is 0.303. The molecule has 4 aromatic rings. The lowest BCUT2D eigenvalue weighted by molar-refractivity contribution is -0.129. The smallest absolute Gasteiger partial charge is 0.333 e. The van der Waals surface area contributed by atoms with Crippen LogP contribution in [0.25, 0.3) is 15.2 Å². The topological polar surface area (TPSA) is 142 Å². The van der Waals surface area contributed by atoms with Gasteiger partial charge in [0.15, 0.2) is 0 Å². The number of nitrogens with zero attached hydrogens (tertiary/aromatic N) is 5. The Morgan fingerprint density at radius 2 is 1.89 bits per heavy atom. The van der Waals surface area contributed by atoms with Crippen molar-refractivity contribution in [2.75, 3.05) is 20.3 Å². The molecule has 0 unspecified atom stereocenters. The van der Waals surface area contributed by atoms with Gasteiger partial charge in [0.25, 0.3) is 5.56 Å². The predicted octanol–water partition coefficient (Wildman–Crippen LogP) is 2.92. The first-order valence-electron chi connectivity index (χ1n) is 14.4. The lowest BCUT2D eigenvalue weighted by Crippen LogP contribution is -2.56. The maximum atomic E-state index is 14.0. The van der Waals surface area contributed by atoms with Gasteiger partial charge in [0, 0.05) is 31.4 Å². The number of aryl methyl sites for hydroxylation is 3. The number of aromatic nitrogens is 5. The number of carbonyl (C=O) groups is 1. The number of rotatable bonds is 8. The standard InChI is InChI=1S/C25H29FN6O4S.C5H10O2/c1-14(2)29-23(34)25(4,5)31-20(33)19-15(3)21(32-27-10-11-28-32)37-22(19)30(24(31)35)12-9-16-13-17(26)7-8-18(16)36-6;6-5-1-3-7-4-2-5/h7-8,10-11,13-14H,9,12H2,1-6H3,(H,29,34);5-6H,1-4H2. The minimum Gasteiger partial charge on any atom is -0.496 e. The molecular weight excluding hydrogens is 591 g/mol. The van der Waals surface area contributed by atoms with E-state index in [9.17, 15) is 18.8 Å². The highest BCUT2D eigenvalue weighted by Gasteiger charge is 2.35. The summed E-state index contributed by atoms with van der Waals surface area (Å²) in [5.41, 5.74) is -1.54. The summed E-state index contributed by atoms with van der Waals surface area (Å²) in [6, 6.07) is 4.00. The summed E-state index contributed by atoms with van der Waals surface area (Å²) in [5, 5.41) is 20.9. The van der Waals surface area contributed by atoms with Crippen LogP contribution < -0.4 is 21.3 Å². The van der Waals surface area contributed by atoms with Crippen LogP contribution >= 0.6 is 11.3 Å². The molecule has 44 heavy (non-hydrogen) atoms. The summed E-state index contributed by atoms with van der Waals surface area (Å²) in [7, 11) is 1.49. The van der Waals surface area contributed by atoms with Crippen LogP contribution in [0.2, 0.25) is 0 Å². The molecule has 0 saturated carbocycles. The molecule has 0 radical (unpaired) electrons. The fraction of sp³-hybridized carbons (Fsp3) is 0.500. The second kappa shape index (κ2) is 13.8. The van der Waals surface area contributed by atoms with E-state index in [4.69, 9.17) is 14.6 Å². The number of carbonyl (C=O) groups excluding carboxylic acids is 1. The number of ether oxygens (including phenoxy) is 2. The van der Waals surface area contributed by atoms with Crippen LogP contribution in [0.3, 0.4) is 0 Å². The molecule has 0 bridgehead atoms. The Hall–Kier alpha value is -3.88. The van der Waals surface area contributed by atoms with E-state index >= 15 is 0 Å². The SMILES string of the molecule is COc1ccc(F)cc1CCn1c(=O)n(C(C)(C)C(=O)NC(C)C)c(=O)c2c(C)c(-n3nccn3)sc21.OC1CCOCC1. The number of hydrogen-bond donors (Lipinski definition) is 2. The van der Waals surface area contributed by atoms with Gasteiger partial charge >= 0.3 is 5.69 Å². The molecule has 4 heterocycles. The zero-order valence-corrected chi connectivity index (χ0v) is 26.6. The molecule has 1 aliphatic heterocycles. The van der Waals surface area contributed by atoms with E-state index in [2.05, 4.69) is 15.5 Å². The van der Waals surface area contributed by atoms with Gasteiger partial charge in [0.2, 0.25) is 5.91 Å². The monoisotopic (exact) mass is 630 g/mol. The van der Waals surface area contributed by atoms with Gasteiger partial charge in [0.1, 0.15) is 26.9 Å². The largest absolute Gasteiger partial charge is 0.496 e. The van der Waals surface area contributed by atoms with Gasteiger partial charge in [-0.2, -0.15) is 10.2 Å². The third-order valence-electron chi connectivity index (χ3n) is 7.36. The van der Waals surface area contributed by atoms with Gasteiger partial charge in [0.05, 0.1) is 31.0 Å². The Morgan fingerprint density at radius 3 is 2.45 bits per heavy atom. The number of hydrogen-bond acceptors (Lipinski definition) is 9. The van der Waals surface area contributed by atoms with Gasteiger partial charge < -0.3 is 19.9 Å². The van der Waals surface area contributed by atoms with Gasteiger partial charge in [-0.15, -0.1) is 4.80 Å². The first kappa shape index (κ1) is 33.0. The highest BCUT2D eigenvalue weighted by atomic mass is 32.1. The summed E-state index contributed by atoms with van der Waals surface area (Å²) in [5.74, 6) is -0.399. The third kappa shape index (κ3) is 6.92. The van der Waals surface area contributed by atoms with Crippen LogP contribution in [0.1, 0.15) is 51.7 Å². The molecule has 12 nitrogen and oxygen atoms in total. The van der Waals surface area contributed by atoms with Gasteiger partial charge in [-0.25, -0.2) is 13.8 Å². The van der Waals surface area contributed by atoms with Crippen LogP contribution in [0.5, 0.6) is 5.75 Å². The number of halogens is 1. The number of nitrogens with one attached hydrogen (secondary N) is 1. The van der Waals surface area contributed by atoms with Crippen LogP contribution in [-0.4, -0.2) is 67.6 Å². The number of thiophene rings is 1. The molecule has 1 saturated heterocycles. The molecule has 2 N–H and O–H groups in total. The minimum atomic E-state index is -1.48. The maximum absolute atomic E-state index is 14.0. The Kier molecular flexibility index (Phi) is 10.4. The second-order valence-electron chi connectivity index (χ2n) is 11.3. The summed E-state index contributed by atoms with van der Waals surface area (Å²) < 4.78 is 26.8. The van der Waals surface area contributed by atoms with Gasteiger partial charge in [-0.1, -0.05) is 11.3 Å². The summed E-state index contributed by atoms with van der Waals surface area (Å²) in [4.78, 5) is 42.6. The van der Waals surface area contributed by atoms with E-state index < -0.39 is 28.5 Å². The summed E-state index contributed by atoms with van der Waals surface area (Å²) in [6.07, 6.45) is 4.84. The number of amides is 1. The third-order valence-corrected chi connectivity index (χ3v) is 8.64. The van der Waals surface area contributed by atoms with E-state index in [0.717, 1.165) is 30.6 Å². The van der Waals surface area contributed by atoms with Crippen molar-refractivity contribution in [1.82, 2.24) is 29.4 Å². The Balaban J connectivity index is 0.000000555. The molecule has 1 amide bonds. The van der Waals surface area contributed by atoms with E-state index in [1.807, 2.05) is 0 Å². The van der Waals surface area contributed by atoms with Crippen LogP contribution in [0.15, 0.2) is 40.2 Å². The maximum Gasteiger partial charge on any atom is 0.333 e. The molecule has 0 aliphatic carbocycles. The number of aliphatic hydroxyl groups excluding tert-OH is 1. The summed E-state index contributed by atoms with van der Waals surface area (Å²) >= 11 is 1.20. The van der Waals surface area contributed by atoms with Gasteiger partial charge in [-0.3, -0.25) is 14.2 Å². The minimum absolute atomic E-state index is 0.0891. The molecule has 0 spiro atoms. The average molecular weight is 631 g/mol.